The first-order valence-electron chi connectivity index (χ1n) is 22.4. The van der Waals surface area contributed by atoms with Gasteiger partial charge in [-0.15, -0.1) is 0 Å². The minimum atomic E-state index is -0.412. The average molecular weight is 775 g/mol. The summed E-state index contributed by atoms with van der Waals surface area (Å²) in [6.07, 6.45) is 27.4. The number of rotatable bonds is 24. The van der Waals surface area contributed by atoms with Crippen LogP contribution in [0.4, 0.5) is 11.4 Å². The summed E-state index contributed by atoms with van der Waals surface area (Å²) < 4.78 is 0. The highest BCUT2D eigenvalue weighted by molar-refractivity contribution is 5.53. The second kappa shape index (κ2) is 28.2. The Labute approximate surface area is 351 Å². The van der Waals surface area contributed by atoms with Gasteiger partial charge in [0, 0.05) is 64.3 Å². The molecule has 0 N–H and O–H groups in total. The molecule has 4 heteroatoms. The zero-order chi connectivity index (χ0) is 40.9. The van der Waals surface area contributed by atoms with E-state index in [1.807, 2.05) is 48.5 Å². The molecule has 4 aromatic rings. The van der Waals surface area contributed by atoms with E-state index in [0.29, 0.717) is 0 Å². The van der Waals surface area contributed by atoms with Crippen LogP contribution in [-0.2, 0) is 0 Å². The van der Waals surface area contributed by atoms with Gasteiger partial charge in [0.1, 0.15) is 0 Å². The molecule has 0 saturated carbocycles. The highest BCUT2D eigenvalue weighted by atomic mass is 16.6. The van der Waals surface area contributed by atoms with Crippen molar-refractivity contribution < 1.29 is 4.92 Å². The van der Waals surface area contributed by atoms with Crippen LogP contribution in [0.1, 0.15) is 176 Å². The predicted molar refractivity (Wildman–Crippen MR) is 246 cm³/mol. The number of unbranched alkanes of at least 4 members (excludes halogenated alkanes) is 18. The summed E-state index contributed by atoms with van der Waals surface area (Å²) in [5, 5.41) is 10.9. The lowest BCUT2D eigenvalue weighted by Crippen LogP contribution is -2.25. The molecular weight excluding hydrogens is 709 g/mol. The van der Waals surface area contributed by atoms with Crippen molar-refractivity contribution in [2.75, 3.05) is 18.0 Å². The van der Waals surface area contributed by atoms with E-state index < -0.39 is 4.92 Å². The summed E-state index contributed by atoms with van der Waals surface area (Å²) in [5.41, 5.74) is 6.80. The maximum Gasteiger partial charge on any atom is 0.269 e. The van der Waals surface area contributed by atoms with E-state index in [2.05, 4.69) is 78.5 Å². The number of hydrogen-bond donors (Lipinski definition) is 0. The van der Waals surface area contributed by atoms with Crippen LogP contribution in [0.3, 0.4) is 0 Å². The maximum absolute atomic E-state index is 10.9. The van der Waals surface area contributed by atoms with Crippen molar-refractivity contribution in [3.8, 4) is 35.5 Å². The van der Waals surface area contributed by atoms with E-state index in [1.165, 1.54) is 146 Å². The van der Waals surface area contributed by atoms with Gasteiger partial charge in [0.2, 0.25) is 0 Å². The van der Waals surface area contributed by atoms with Gasteiger partial charge in [0.05, 0.1) is 4.92 Å². The third-order valence-electron chi connectivity index (χ3n) is 10.7. The molecule has 0 aromatic heterocycles. The normalized spacial score (nSPS) is 10.4. The fourth-order valence-electron chi connectivity index (χ4n) is 7.08. The predicted octanol–water partition coefficient (Wildman–Crippen LogP) is 14.4. The number of non-ortho nitro benzene ring substituents is 1. The largest absolute Gasteiger partial charge is 0.372 e. The summed E-state index contributed by atoms with van der Waals surface area (Å²) in [6, 6.07) is 31.0. The van der Waals surface area contributed by atoms with Crippen LogP contribution in [0.25, 0.3) is 0 Å². The Bertz CT molecular complexity index is 1900. The van der Waals surface area contributed by atoms with Crippen LogP contribution in [-0.4, -0.2) is 18.0 Å². The Balaban J connectivity index is 1.25. The number of benzene rings is 4. The van der Waals surface area contributed by atoms with Crippen LogP contribution in [0.15, 0.2) is 97.1 Å². The smallest absolute Gasteiger partial charge is 0.269 e. The lowest BCUT2D eigenvalue weighted by molar-refractivity contribution is -0.384. The van der Waals surface area contributed by atoms with Gasteiger partial charge in [0.25, 0.3) is 5.69 Å². The third-order valence-corrected chi connectivity index (χ3v) is 10.7. The molecule has 0 fully saturated rings. The van der Waals surface area contributed by atoms with Crippen molar-refractivity contribution in [2.24, 2.45) is 0 Å². The van der Waals surface area contributed by atoms with Gasteiger partial charge in [0.15, 0.2) is 0 Å². The summed E-state index contributed by atoms with van der Waals surface area (Å²) in [4.78, 5) is 13.1. The second-order valence-electron chi connectivity index (χ2n) is 15.6. The van der Waals surface area contributed by atoms with Gasteiger partial charge < -0.3 is 4.90 Å². The van der Waals surface area contributed by atoms with Crippen LogP contribution in [0, 0.1) is 45.6 Å². The maximum atomic E-state index is 10.9. The fourth-order valence-corrected chi connectivity index (χ4v) is 7.08. The van der Waals surface area contributed by atoms with E-state index in [-0.39, 0.29) is 5.69 Å². The van der Waals surface area contributed by atoms with Gasteiger partial charge in [-0.1, -0.05) is 165 Å². The van der Waals surface area contributed by atoms with Gasteiger partial charge in [-0.2, -0.15) is 0 Å². The lowest BCUT2D eigenvalue weighted by Gasteiger charge is -2.25. The molecule has 0 amide bonds. The lowest BCUT2D eigenvalue weighted by atomic mass is 10.1. The number of nitrogens with zero attached hydrogens (tertiary/aromatic N) is 2. The molecule has 0 radical (unpaired) electrons. The van der Waals surface area contributed by atoms with Crippen molar-refractivity contribution in [3.05, 3.63) is 141 Å². The Morgan fingerprint density at radius 2 is 0.621 bits per heavy atom. The van der Waals surface area contributed by atoms with Gasteiger partial charge in [-0.05, 0) is 97.8 Å². The second-order valence-corrected chi connectivity index (χ2v) is 15.6. The summed E-state index contributed by atoms with van der Waals surface area (Å²) in [5.74, 6) is 19.3. The third kappa shape index (κ3) is 18.8. The molecule has 0 unspecified atom stereocenters. The first kappa shape index (κ1) is 45.5. The van der Waals surface area contributed by atoms with Crippen molar-refractivity contribution >= 4 is 11.4 Å². The molecule has 0 aliphatic carbocycles. The minimum absolute atomic E-state index is 0.0580. The van der Waals surface area contributed by atoms with Crippen LogP contribution in [0.5, 0.6) is 0 Å². The van der Waals surface area contributed by atoms with E-state index in [9.17, 15) is 10.1 Å². The van der Waals surface area contributed by atoms with Crippen LogP contribution >= 0.6 is 0 Å². The highest BCUT2D eigenvalue weighted by Crippen LogP contribution is 2.20. The van der Waals surface area contributed by atoms with Crippen molar-refractivity contribution in [2.45, 2.75) is 142 Å². The Kier molecular flexibility index (Phi) is 22.1. The Hall–Kier alpha value is -5.24. The highest BCUT2D eigenvalue weighted by Gasteiger charge is 2.07. The standard InChI is InChI=1S/C54H66N2O2/c1-3-5-7-9-11-13-15-17-19-21-45-55(46-22-20-18-16-14-12-10-8-6-4-2)53-41-37-51(38-42-53)35-33-49-29-25-47(26-30-49)23-24-48-27-31-50(32-28-48)34-36-52-39-43-54(44-40-52)56(57)58/h25-32,37-44H,3-22,45-46H2,1-2H3. The quantitative estimate of drug-likeness (QED) is 0.0308. The number of nitro benzene ring substituents is 1. The molecule has 4 aromatic carbocycles. The molecule has 0 aliphatic rings. The minimum Gasteiger partial charge on any atom is -0.372 e. The van der Waals surface area contributed by atoms with Gasteiger partial charge in [-0.3, -0.25) is 10.1 Å². The van der Waals surface area contributed by atoms with E-state index in [0.717, 1.165) is 46.5 Å². The summed E-state index contributed by atoms with van der Waals surface area (Å²) >= 11 is 0. The Morgan fingerprint density at radius 1 is 0.379 bits per heavy atom. The molecule has 0 aliphatic heterocycles. The van der Waals surface area contributed by atoms with E-state index >= 15 is 0 Å². The molecule has 4 nitrogen and oxygen atoms in total. The molecule has 58 heavy (non-hydrogen) atoms. The Morgan fingerprint density at radius 3 is 0.897 bits per heavy atom. The zero-order valence-corrected chi connectivity index (χ0v) is 35.5. The summed E-state index contributed by atoms with van der Waals surface area (Å²) in [6.45, 7) is 6.86. The van der Waals surface area contributed by atoms with E-state index in [4.69, 9.17) is 0 Å². The first-order valence-corrected chi connectivity index (χ1v) is 22.4. The topological polar surface area (TPSA) is 46.4 Å². The fraction of sp³-hybridized carbons (Fsp3) is 0.444. The molecular formula is C54H66N2O2. The van der Waals surface area contributed by atoms with Gasteiger partial charge >= 0.3 is 0 Å². The molecule has 304 valence electrons. The van der Waals surface area contributed by atoms with Gasteiger partial charge in [-0.25, -0.2) is 0 Å². The van der Waals surface area contributed by atoms with Crippen LogP contribution < -0.4 is 4.90 Å². The number of nitro groups is 1. The first-order chi connectivity index (χ1) is 28.5. The van der Waals surface area contributed by atoms with Crippen molar-refractivity contribution in [3.63, 3.8) is 0 Å². The van der Waals surface area contributed by atoms with E-state index in [1.54, 1.807) is 12.1 Å². The molecule has 0 atom stereocenters. The average Bonchev–Trinajstić information content (AvgIpc) is 3.26. The molecule has 4 rings (SSSR count). The molecule has 0 spiro atoms. The number of anilines is 1. The molecule has 0 heterocycles. The number of hydrogen-bond acceptors (Lipinski definition) is 3. The van der Waals surface area contributed by atoms with Crippen molar-refractivity contribution in [1.82, 2.24) is 0 Å². The molecule has 0 saturated heterocycles. The SMILES string of the molecule is CCCCCCCCCCCCN(CCCCCCCCCCCC)c1ccc(C#Cc2ccc(C#Cc3ccc(C#Cc4ccc([N+](=O)[O-])cc4)cc3)cc2)cc1. The monoisotopic (exact) mass is 775 g/mol. The van der Waals surface area contributed by atoms with Crippen molar-refractivity contribution in [1.29, 1.82) is 0 Å². The summed E-state index contributed by atoms with van der Waals surface area (Å²) in [7, 11) is 0. The molecule has 0 bridgehead atoms. The van der Waals surface area contributed by atoms with Crippen LogP contribution in [0.2, 0.25) is 0 Å². The zero-order valence-electron chi connectivity index (χ0n) is 35.5.